The molecule has 2 rings (SSSR count). The average Bonchev–Trinajstić information content (AvgIpc) is 2.80. The highest BCUT2D eigenvalue weighted by molar-refractivity contribution is 6.03. The number of rotatable bonds is 4. The van der Waals surface area contributed by atoms with Crippen LogP contribution in [0.4, 0.5) is 0 Å². The third-order valence-corrected chi connectivity index (χ3v) is 4.69. The summed E-state index contributed by atoms with van der Waals surface area (Å²) in [4.78, 5) is 30.0. The molecular formula is C17H26N2O3. The van der Waals surface area contributed by atoms with Crippen molar-refractivity contribution in [1.29, 1.82) is 0 Å². The van der Waals surface area contributed by atoms with Crippen LogP contribution in [0.5, 0.6) is 0 Å². The van der Waals surface area contributed by atoms with E-state index in [0.717, 1.165) is 19.5 Å². The third-order valence-electron chi connectivity index (χ3n) is 4.69. The second-order valence-electron chi connectivity index (χ2n) is 6.40. The fourth-order valence-corrected chi connectivity index (χ4v) is 3.36. The molecule has 1 aliphatic rings. The molecule has 0 saturated carbocycles. The number of nitrogens with zero attached hydrogens (tertiary/aromatic N) is 1. The van der Waals surface area contributed by atoms with Crippen molar-refractivity contribution in [3.63, 3.8) is 0 Å². The number of hydrogen-bond acceptors (Lipinski definition) is 4. The Hall–Kier alpha value is -1.62. The zero-order valence-corrected chi connectivity index (χ0v) is 14.2. The average molecular weight is 306 g/mol. The normalized spacial score (nSPS) is 20.7. The van der Waals surface area contributed by atoms with Gasteiger partial charge in [-0.25, -0.2) is 4.79 Å². The minimum Gasteiger partial charge on any atom is -0.465 e. The Labute approximate surface area is 132 Å². The lowest BCUT2D eigenvalue weighted by atomic mass is 9.97. The number of likely N-dealkylation sites (tertiary alicyclic amines) is 1. The van der Waals surface area contributed by atoms with Gasteiger partial charge >= 0.3 is 5.97 Å². The molecule has 1 aromatic rings. The molecule has 1 aliphatic heterocycles. The predicted octanol–water partition coefficient (Wildman–Crippen LogP) is 2.72. The first-order valence-electron chi connectivity index (χ1n) is 7.92. The van der Waals surface area contributed by atoms with Gasteiger partial charge in [0.15, 0.2) is 5.78 Å². The van der Waals surface area contributed by atoms with Crippen molar-refractivity contribution in [2.75, 3.05) is 20.2 Å². The van der Waals surface area contributed by atoms with E-state index in [-0.39, 0.29) is 11.8 Å². The zero-order valence-electron chi connectivity index (χ0n) is 14.2. The number of nitrogens with one attached hydrogen (secondary N) is 1. The van der Waals surface area contributed by atoms with Crippen molar-refractivity contribution in [2.45, 2.75) is 46.6 Å². The zero-order chi connectivity index (χ0) is 16.4. The number of aromatic amines is 1. The Bertz CT molecular complexity index is 577. The Balaban J connectivity index is 2.24. The van der Waals surface area contributed by atoms with E-state index in [0.29, 0.717) is 28.4 Å². The number of hydrogen-bond donors (Lipinski definition) is 1. The number of methoxy groups -OCH3 is 1. The van der Waals surface area contributed by atoms with Crippen LogP contribution in [0.25, 0.3) is 0 Å². The molecular weight excluding hydrogens is 280 g/mol. The molecule has 5 heteroatoms. The topological polar surface area (TPSA) is 62.4 Å². The summed E-state index contributed by atoms with van der Waals surface area (Å²) in [6.45, 7) is 9.68. The van der Waals surface area contributed by atoms with Gasteiger partial charge in [-0.15, -0.1) is 0 Å². The van der Waals surface area contributed by atoms with Crippen molar-refractivity contribution in [3.8, 4) is 0 Å². The van der Waals surface area contributed by atoms with E-state index < -0.39 is 5.97 Å². The number of H-pyrrole nitrogens is 1. The minimum atomic E-state index is -0.399. The number of esters is 1. The monoisotopic (exact) mass is 306 g/mol. The largest absolute Gasteiger partial charge is 0.465 e. The van der Waals surface area contributed by atoms with E-state index in [9.17, 15) is 9.59 Å². The van der Waals surface area contributed by atoms with E-state index in [2.05, 4.69) is 16.8 Å². The molecule has 0 amide bonds. The number of piperidine rings is 1. The smallest absolute Gasteiger partial charge is 0.339 e. The van der Waals surface area contributed by atoms with Crippen molar-refractivity contribution in [3.05, 3.63) is 22.5 Å². The molecule has 5 nitrogen and oxygen atoms in total. The summed E-state index contributed by atoms with van der Waals surface area (Å²) in [5.74, 6) is 0.274. The second kappa shape index (κ2) is 6.65. The van der Waals surface area contributed by atoms with Gasteiger partial charge in [-0.05, 0) is 51.6 Å². The molecule has 0 bridgehead atoms. The number of aryl methyl sites for hydroxylation is 1. The van der Waals surface area contributed by atoms with Crippen LogP contribution in [0.15, 0.2) is 0 Å². The summed E-state index contributed by atoms with van der Waals surface area (Å²) in [7, 11) is 1.35. The highest BCUT2D eigenvalue weighted by atomic mass is 16.5. The minimum absolute atomic E-state index is 0.0462. The van der Waals surface area contributed by atoms with Gasteiger partial charge in [0.2, 0.25) is 0 Å². The fraction of sp³-hybridized carbons (Fsp3) is 0.647. The summed E-state index contributed by atoms with van der Waals surface area (Å²) in [5.41, 5.74) is 2.38. The number of carbonyl (C=O) groups excluding carboxylic acids is 2. The number of ketones is 1. The van der Waals surface area contributed by atoms with Gasteiger partial charge in [0.25, 0.3) is 0 Å². The van der Waals surface area contributed by atoms with Crippen LogP contribution >= 0.6 is 0 Å². The molecule has 1 aromatic heterocycles. The van der Waals surface area contributed by atoms with Gasteiger partial charge in [0, 0.05) is 12.2 Å². The quantitative estimate of drug-likeness (QED) is 0.686. The van der Waals surface area contributed by atoms with Crippen LogP contribution in [0, 0.1) is 19.8 Å². The molecule has 2 unspecified atom stereocenters. The number of Topliss-reactive ketones (excluding diaryl/α,β-unsaturated/α-hetero) is 1. The van der Waals surface area contributed by atoms with Crippen molar-refractivity contribution >= 4 is 11.8 Å². The van der Waals surface area contributed by atoms with E-state index in [1.165, 1.54) is 13.5 Å². The fourth-order valence-electron chi connectivity index (χ4n) is 3.36. The van der Waals surface area contributed by atoms with Gasteiger partial charge in [-0.3, -0.25) is 9.69 Å². The molecule has 22 heavy (non-hydrogen) atoms. The van der Waals surface area contributed by atoms with Crippen LogP contribution in [0.1, 0.15) is 58.8 Å². The Kier molecular flexibility index (Phi) is 5.06. The van der Waals surface area contributed by atoms with Crippen LogP contribution in [-0.4, -0.2) is 47.9 Å². The van der Waals surface area contributed by atoms with Crippen molar-refractivity contribution in [2.24, 2.45) is 5.92 Å². The van der Waals surface area contributed by atoms with Crippen LogP contribution in [0.2, 0.25) is 0 Å². The number of aromatic nitrogens is 1. The van der Waals surface area contributed by atoms with Crippen molar-refractivity contribution < 1.29 is 14.3 Å². The standard InChI is InChI=1S/C17H26N2O3/c1-10-7-6-8-19(9-10)13(4)16(20)15-11(2)14(12(3)18-15)17(21)22-5/h10,13,18H,6-9H2,1-5H3. The molecule has 1 N–H and O–H groups in total. The maximum atomic E-state index is 12.8. The van der Waals surface area contributed by atoms with E-state index in [4.69, 9.17) is 4.74 Å². The van der Waals surface area contributed by atoms with Gasteiger partial charge in [0.05, 0.1) is 24.4 Å². The van der Waals surface area contributed by atoms with Crippen LogP contribution in [0.3, 0.4) is 0 Å². The third kappa shape index (κ3) is 3.09. The Morgan fingerprint density at radius 2 is 2.05 bits per heavy atom. The van der Waals surface area contributed by atoms with E-state index in [1.54, 1.807) is 13.8 Å². The number of carbonyl (C=O) groups is 2. The molecule has 0 aromatic carbocycles. The Morgan fingerprint density at radius 3 is 2.64 bits per heavy atom. The molecule has 0 spiro atoms. The highest BCUT2D eigenvalue weighted by Gasteiger charge is 2.30. The first kappa shape index (κ1) is 16.7. The van der Waals surface area contributed by atoms with E-state index in [1.807, 2.05) is 6.92 Å². The summed E-state index contributed by atoms with van der Waals surface area (Å²) in [6.07, 6.45) is 2.36. The summed E-state index contributed by atoms with van der Waals surface area (Å²) in [6, 6.07) is -0.176. The van der Waals surface area contributed by atoms with Gasteiger partial charge in [0.1, 0.15) is 0 Å². The molecule has 0 aliphatic carbocycles. The highest BCUT2D eigenvalue weighted by Crippen LogP contribution is 2.23. The van der Waals surface area contributed by atoms with Crippen molar-refractivity contribution in [1.82, 2.24) is 9.88 Å². The molecule has 1 saturated heterocycles. The summed E-state index contributed by atoms with van der Waals surface area (Å²) in [5, 5.41) is 0. The summed E-state index contributed by atoms with van der Waals surface area (Å²) >= 11 is 0. The van der Waals surface area contributed by atoms with Crippen LogP contribution < -0.4 is 0 Å². The molecule has 1 fully saturated rings. The lowest BCUT2D eigenvalue weighted by molar-refractivity contribution is 0.0599. The SMILES string of the molecule is COC(=O)c1c(C)[nH]c(C(=O)C(C)N2CCCC(C)C2)c1C. The molecule has 0 radical (unpaired) electrons. The lowest BCUT2D eigenvalue weighted by Gasteiger charge is -2.34. The Morgan fingerprint density at radius 1 is 1.36 bits per heavy atom. The molecule has 122 valence electrons. The predicted molar refractivity (Wildman–Crippen MR) is 85.4 cm³/mol. The first-order chi connectivity index (χ1) is 10.4. The first-order valence-corrected chi connectivity index (χ1v) is 7.92. The second-order valence-corrected chi connectivity index (χ2v) is 6.40. The number of ether oxygens (including phenoxy) is 1. The maximum absolute atomic E-state index is 12.8. The van der Waals surface area contributed by atoms with Crippen LogP contribution in [-0.2, 0) is 4.74 Å². The maximum Gasteiger partial charge on any atom is 0.339 e. The summed E-state index contributed by atoms with van der Waals surface area (Å²) < 4.78 is 4.80. The van der Waals surface area contributed by atoms with Gasteiger partial charge < -0.3 is 9.72 Å². The lowest BCUT2D eigenvalue weighted by Crippen LogP contribution is -2.44. The molecule has 2 heterocycles. The molecule has 2 atom stereocenters. The van der Waals surface area contributed by atoms with E-state index >= 15 is 0 Å². The van der Waals surface area contributed by atoms with Gasteiger partial charge in [-0.1, -0.05) is 6.92 Å². The van der Waals surface area contributed by atoms with Gasteiger partial charge in [-0.2, -0.15) is 0 Å².